The molecule has 0 radical (unpaired) electrons. The number of rotatable bonds is 3. The van der Waals surface area contributed by atoms with E-state index < -0.39 is 0 Å². The molecule has 0 fully saturated rings. The van der Waals surface area contributed by atoms with Crippen LogP contribution in [-0.2, 0) is 4.79 Å². The maximum absolute atomic E-state index is 11.9. The van der Waals surface area contributed by atoms with Gasteiger partial charge in [0.25, 0.3) is 0 Å². The van der Waals surface area contributed by atoms with Crippen molar-refractivity contribution in [1.82, 2.24) is 9.97 Å². The normalized spacial score (nSPS) is 11.4. The molecule has 1 aromatic heterocycles. The average Bonchev–Trinajstić information content (AvgIpc) is 2.39. The number of carbonyl (C=O) groups excluding carboxylic acids is 1. The SMILES string of the molecule is CC(=O)/C(=C\c1cnc(N)nc1C)c1ccccc1Cl. The third-order valence-electron chi connectivity index (χ3n) is 2.88. The van der Waals surface area contributed by atoms with Crippen LogP contribution in [0.25, 0.3) is 11.6 Å². The number of ketones is 1. The summed E-state index contributed by atoms with van der Waals surface area (Å²) in [5, 5.41) is 0.531. The number of hydrogen-bond donors (Lipinski definition) is 1. The number of carbonyl (C=O) groups is 1. The molecule has 0 saturated carbocycles. The van der Waals surface area contributed by atoms with E-state index in [2.05, 4.69) is 9.97 Å². The Kier molecular flexibility index (Phi) is 4.15. The summed E-state index contributed by atoms with van der Waals surface area (Å²) in [6, 6.07) is 7.22. The number of allylic oxidation sites excluding steroid dienone is 1. The molecule has 0 aliphatic heterocycles. The fourth-order valence-electron chi connectivity index (χ4n) is 1.84. The van der Waals surface area contributed by atoms with E-state index in [9.17, 15) is 4.79 Å². The largest absolute Gasteiger partial charge is 0.368 e. The smallest absolute Gasteiger partial charge is 0.220 e. The molecule has 5 heteroatoms. The summed E-state index contributed by atoms with van der Waals surface area (Å²) in [4.78, 5) is 19.9. The summed E-state index contributed by atoms with van der Waals surface area (Å²) in [5.74, 6) is 0.135. The van der Waals surface area contributed by atoms with Crippen LogP contribution in [0.3, 0.4) is 0 Å². The number of benzene rings is 1. The zero-order valence-electron chi connectivity index (χ0n) is 11.2. The van der Waals surface area contributed by atoms with Crippen LogP contribution in [-0.4, -0.2) is 15.8 Å². The van der Waals surface area contributed by atoms with E-state index in [1.54, 1.807) is 18.3 Å². The number of nitrogens with two attached hydrogens (primary N) is 1. The van der Waals surface area contributed by atoms with Crippen molar-refractivity contribution < 1.29 is 4.79 Å². The highest BCUT2D eigenvalue weighted by Gasteiger charge is 2.12. The molecule has 0 atom stereocenters. The number of aryl methyl sites for hydroxylation is 1. The van der Waals surface area contributed by atoms with Crippen LogP contribution in [0, 0.1) is 6.92 Å². The van der Waals surface area contributed by atoms with Gasteiger partial charge in [-0.3, -0.25) is 4.79 Å². The molecule has 0 aliphatic rings. The van der Waals surface area contributed by atoms with Crippen molar-refractivity contribution in [2.45, 2.75) is 13.8 Å². The van der Waals surface area contributed by atoms with Crippen molar-refractivity contribution in [2.75, 3.05) is 5.73 Å². The van der Waals surface area contributed by atoms with Gasteiger partial charge in [-0.25, -0.2) is 9.97 Å². The summed E-state index contributed by atoms with van der Waals surface area (Å²) >= 11 is 6.15. The molecular formula is C15H14ClN3O. The summed E-state index contributed by atoms with van der Waals surface area (Å²) < 4.78 is 0. The predicted molar refractivity (Wildman–Crippen MR) is 81.2 cm³/mol. The molecule has 0 unspecified atom stereocenters. The number of nitrogen functional groups attached to an aromatic ring is 1. The summed E-state index contributed by atoms with van der Waals surface area (Å²) in [6.45, 7) is 3.32. The van der Waals surface area contributed by atoms with Gasteiger partial charge >= 0.3 is 0 Å². The third-order valence-corrected chi connectivity index (χ3v) is 3.21. The molecule has 2 N–H and O–H groups in total. The van der Waals surface area contributed by atoms with Gasteiger partial charge in [0, 0.05) is 27.9 Å². The van der Waals surface area contributed by atoms with E-state index >= 15 is 0 Å². The van der Waals surface area contributed by atoms with Crippen LogP contribution in [0.2, 0.25) is 5.02 Å². The van der Waals surface area contributed by atoms with Crippen LogP contribution < -0.4 is 5.73 Å². The Bertz CT molecular complexity index is 695. The van der Waals surface area contributed by atoms with Crippen molar-refractivity contribution in [1.29, 1.82) is 0 Å². The molecule has 20 heavy (non-hydrogen) atoms. The highest BCUT2D eigenvalue weighted by Crippen LogP contribution is 2.26. The van der Waals surface area contributed by atoms with Gasteiger partial charge in [-0.15, -0.1) is 0 Å². The number of nitrogens with zero attached hydrogens (tertiary/aromatic N) is 2. The quantitative estimate of drug-likeness (QED) is 0.881. The van der Waals surface area contributed by atoms with E-state index in [1.807, 2.05) is 25.1 Å². The lowest BCUT2D eigenvalue weighted by atomic mass is 10.00. The van der Waals surface area contributed by atoms with Gasteiger partial charge in [0.15, 0.2) is 5.78 Å². The van der Waals surface area contributed by atoms with E-state index in [4.69, 9.17) is 17.3 Å². The first-order chi connectivity index (χ1) is 9.49. The van der Waals surface area contributed by atoms with Crippen molar-refractivity contribution >= 4 is 35.0 Å². The molecule has 0 amide bonds. The van der Waals surface area contributed by atoms with Crippen LogP contribution in [0.15, 0.2) is 30.5 Å². The Morgan fingerprint density at radius 1 is 1.35 bits per heavy atom. The van der Waals surface area contributed by atoms with E-state index in [0.717, 1.165) is 5.56 Å². The Labute approximate surface area is 122 Å². The molecule has 1 aromatic carbocycles. The summed E-state index contributed by atoms with van der Waals surface area (Å²) in [5.41, 5.74) is 8.19. The lowest BCUT2D eigenvalue weighted by Crippen LogP contribution is -2.00. The lowest BCUT2D eigenvalue weighted by Gasteiger charge is -2.08. The second-order valence-electron chi connectivity index (χ2n) is 4.36. The maximum Gasteiger partial charge on any atom is 0.220 e. The topological polar surface area (TPSA) is 68.9 Å². The Balaban J connectivity index is 2.57. The molecule has 102 valence electrons. The Morgan fingerprint density at radius 3 is 2.65 bits per heavy atom. The van der Waals surface area contributed by atoms with Crippen LogP contribution >= 0.6 is 11.6 Å². The molecule has 1 heterocycles. The zero-order chi connectivity index (χ0) is 14.7. The Hall–Kier alpha value is -2.20. The highest BCUT2D eigenvalue weighted by molar-refractivity contribution is 6.36. The molecule has 0 aliphatic carbocycles. The van der Waals surface area contributed by atoms with Crippen LogP contribution in [0.4, 0.5) is 5.95 Å². The first kappa shape index (κ1) is 14.2. The van der Waals surface area contributed by atoms with Gasteiger partial charge in [-0.05, 0) is 26.0 Å². The number of Topliss-reactive ketones (excluding diaryl/α,β-unsaturated/α-hetero) is 1. The van der Waals surface area contributed by atoms with E-state index in [0.29, 0.717) is 21.9 Å². The highest BCUT2D eigenvalue weighted by atomic mass is 35.5. The van der Waals surface area contributed by atoms with Crippen molar-refractivity contribution in [2.24, 2.45) is 0 Å². The first-order valence-corrected chi connectivity index (χ1v) is 6.43. The van der Waals surface area contributed by atoms with E-state index in [-0.39, 0.29) is 11.7 Å². The number of hydrogen-bond acceptors (Lipinski definition) is 4. The fourth-order valence-corrected chi connectivity index (χ4v) is 2.08. The number of aromatic nitrogens is 2. The van der Waals surface area contributed by atoms with Crippen molar-refractivity contribution in [3.63, 3.8) is 0 Å². The minimum absolute atomic E-state index is 0.0747. The maximum atomic E-state index is 11.9. The van der Waals surface area contributed by atoms with Crippen molar-refractivity contribution in [3.05, 3.63) is 52.3 Å². The Morgan fingerprint density at radius 2 is 2.05 bits per heavy atom. The first-order valence-electron chi connectivity index (χ1n) is 6.05. The average molecular weight is 288 g/mol. The summed E-state index contributed by atoms with van der Waals surface area (Å²) in [7, 11) is 0. The molecule has 2 rings (SSSR count). The second kappa shape index (κ2) is 5.84. The zero-order valence-corrected chi connectivity index (χ0v) is 12.0. The van der Waals surface area contributed by atoms with E-state index in [1.165, 1.54) is 6.92 Å². The van der Waals surface area contributed by atoms with Crippen LogP contribution in [0.5, 0.6) is 0 Å². The van der Waals surface area contributed by atoms with Gasteiger partial charge in [0.05, 0.1) is 5.69 Å². The molecule has 0 saturated heterocycles. The molecular weight excluding hydrogens is 274 g/mol. The van der Waals surface area contributed by atoms with Gasteiger partial charge in [0.2, 0.25) is 5.95 Å². The molecule has 0 bridgehead atoms. The number of anilines is 1. The standard InChI is InChI=1S/C15H14ClN3O/c1-9-11(8-18-15(17)19-9)7-13(10(2)20)12-5-3-4-6-14(12)16/h3-8H,1-2H3,(H2,17,18,19)/b13-7+. The van der Waals surface area contributed by atoms with Gasteiger partial charge < -0.3 is 5.73 Å². The van der Waals surface area contributed by atoms with Crippen LogP contribution in [0.1, 0.15) is 23.7 Å². The minimum Gasteiger partial charge on any atom is -0.368 e. The van der Waals surface area contributed by atoms with Gasteiger partial charge in [0.1, 0.15) is 0 Å². The van der Waals surface area contributed by atoms with Gasteiger partial charge in [-0.1, -0.05) is 29.8 Å². The lowest BCUT2D eigenvalue weighted by molar-refractivity contribution is -0.111. The van der Waals surface area contributed by atoms with Gasteiger partial charge in [-0.2, -0.15) is 0 Å². The van der Waals surface area contributed by atoms with Crippen molar-refractivity contribution in [3.8, 4) is 0 Å². The monoisotopic (exact) mass is 287 g/mol. The number of halogens is 1. The second-order valence-corrected chi connectivity index (χ2v) is 4.77. The summed E-state index contributed by atoms with van der Waals surface area (Å²) in [6.07, 6.45) is 3.33. The fraction of sp³-hybridized carbons (Fsp3) is 0.133. The molecule has 4 nitrogen and oxygen atoms in total. The predicted octanol–water partition coefficient (Wildman–Crippen LogP) is 3.15. The molecule has 2 aromatic rings. The third kappa shape index (κ3) is 3.03. The minimum atomic E-state index is -0.0747. The molecule has 0 spiro atoms.